The molecule has 1 amide bonds. The molecule has 22 heavy (non-hydrogen) atoms. The molecule has 2 aliphatic rings. The molecule has 2 fully saturated rings. The van der Waals surface area contributed by atoms with E-state index in [1.807, 2.05) is 13.1 Å². The van der Waals surface area contributed by atoms with Crippen molar-refractivity contribution in [3.63, 3.8) is 0 Å². The Labute approximate surface area is 130 Å². The van der Waals surface area contributed by atoms with Crippen LogP contribution in [0.4, 0.5) is 0 Å². The Morgan fingerprint density at radius 1 is 1.41 bits per heavy atom. The summed E-state index contributed by atoms with van der Waals surface area (Å²) < 4.78 is 6.98. The minimum Gasteiger partial charge on any atom is -0.387 e. The van der Waals surface area contributed by atoms with Gasteiger partial charge in [-0.1, -0.05) is 0 Å². The van der Waals surface area contributed by atoms with Gasteiger partial charge >= 0.3 is 0 Å². The third-order valence-electron chi connectivity index (χ3n) is 4.37. The monoisotopic (exact) mass is 308 g/mol. The molecule has 0 aliphatic carbocycles. The molecule has 0 saturated carbocycles. The molecule has 1 aromatic rings. The Hall–Kier alpha value is -1.44. The lowest BCUT2D eigenvalue weighted by molar-refractivity contribution is -0.132. The molecule has 1 N–H and O–H groups in total. The van der Waals surface area contributed by atoms with Crippen molar-refractivity contribution < 1.29 is 14.6 Å². The summed E-state index contributed by atoms with van der Waals surface area (Å²) in [6, 6.07) is 0. The molecule has 0 bridgehead atoms. The average Bonchev–Trinajstić information content (AvgIpc) is 3.06. The zero-order valence-corrected chi connectivity index (χ0v) is 13.1. The van der Waals surface area contributed by atoms with Gasteiger partial charge in [0.25, 0.3) is 0 Å². The molecular formula is C15H24N4O3. The van der Waals surface area contributed by atoms with Gasteiger partial charge in [0.05, 0.1) is 31.6 Å². The predicted molar refractivity (Wildman–Crippen MR) is 80.4 cm³/mol. The number of carbonyl (C=O) groups excluding carboxylic acids is 1. The summed E-state index contributed by atoms with van der Waals surface area (Å²) in [5, 5.41) is 14.9. The van der Waals surface area contributed by atoms with Crippen molar-refractivity contribution in [1.29, 1.82) is 0 Å². The van der Waals surface area contributed by atoms with Gasteiger partial charge in [0.1, 0.15) is 6.54 Å². The van der Waals surface area contributed by atoms with Crippen LogP contribution in [0.15, 0.2) is 12.4 Å². The highest BCUT2D eigenvalue weighted by molar-refractivity contribution is 5.76. The lowest BCUT2D eigenvalue weighted by Gasteiger charge is -2.33. The average molecular weight is 308 g/mol. The number of rotatable bonds is 4. The minimum absolute atomic E-state index is 0.0148. The fourth-order valence-electron chi connectivity index (χ4n) is 3.17. The van der Waals surface area contributed by atoms with Crippen LogP contribution in [0.2, 0.25) is 0 Å². The molecule has 3 rings (SSSR count). The lowest BCUT2D eigenvalue weighted by Crippen LogP contribution is -2.49. The predicted octanol–water partition coefficient (Wildman–Crippen LogP) is -0.513. The van der Waals surface area contributed by atoms with Gasteiger partial charge < -0.3 is 14.7 Å². The van der Waals surface area contributed by atoms with Gasteiger partial charge in [-0.25, -0.2) is 0 Å². The van der Waals surface area contributed by atoms with Gasteiger partial charge in [0.2, 0.25) is 5.91 Å². The molecule has 1 aromatic heterocycles. The number of morpholine rings is 1. The Morgan fingerprint density at radius 3 is 2.86 bits per heavy atom. The fraction of sp³-hybridized carbons (Fsp3) is 0.733. The van der Waals surface area contributed by atoms with Crippen LogP contribution in [0.25, 0.3) is 0 Å². The number of amides is 1. The summed E-state index contributed by atoms with van der Waals surface area (Å²) in [6.45, 7) is 6.96. The number of carbonyl (C=O) groups is 1. The number of hydrogen-bond donors (Lipinski definition) is 1. The van der Waals surface area contributed by atoms with Crippen LogP contribution in [-0.2, 0) is 16.1 Å². The van der Waals surface area contributed by atoms with Gasteiger partial charge in [0, 0.05) is 32.4 Å². The smallest absolute Gasteiger partial charge is 0.244 e. The van der Waals surface area contributed by atoms with E-state index in [-0.39, 0.29) is 12.5 Å². The molecule has 1 atom stereocenters. The third kappa shape index (κ3) is 3.66. The number of likely N-dealkylation sites (tertiary alicyclic amines) is 1. The Morgan fingerprint density at radius 2 is 2.18 bits per heavy atom. The van der Waals surface area contributed by atoms with Crippen molar-refractivity contribution in [2.45, 2.75) is 25.5 Å². The quantitative estimate of drug-likeness (QED) is 0.811. The van der Waals surface area contributed by atoms with E-state index in [9.17, 15) is 9.90 Å². The Kier molecular flexibility index (Phi) is 4.46. The summed E-state index contributed by atoms with van der Waals surface area (Å²) in [5.74, 6) is 0.0148. The second-order valence-electron chi connectivity index (χ2n) is 6.39. The van der Waals surface area contributed by atoms with Gasteiger partial charge in [-0.2, -0.15) is 5.10 Å². The van der Waals surface area contributed by atoms with E-state index < -0.39 is 5.60 Å². The molecular weight excluding hydrogens is 284 g/mol. The van der Waals surface area contributed by atoms with Crippen molar-refractivity contribution in [3.05, 3.63) is 18.0 Å². The van der Waals surface area contributed by atoms with Crippen molar-refractivity contribution >= 4 is 5.91 Å². The maximum atomic E-state index is 12.3. The molecule has 1 unspecified atom stereocenters. The van der Waals surface area contributed by atoms with Crippen molar-refractivity contribution in [1.82, 2.24) is 19.6 Å². The van der Waals surface area contributed by atoms with Crippen LogP contribution < -0.4 is 0 Å². The Balaban J connectivity index is 1.53. The first-order chi connectivity index (χ1) is 10.5. The third-order valence-corrected chi connectivity index (χ3v) is 4.37. The van der Waals surface area contributed by atoms with Crippen LogP contribution in [0.1, 0.15) is 12.0 Å². The topological polar surface area (TPSA) is 70.8 Å². The molecule has 7 nitrogen and oxygen atoms in total. The zero-order valence-electron chi connectivity index (χ0n) is 13.1. The number of nitrogens with zero attached hydrogens (tertiary/aromatic N) is 4. The van der Waals surface area contributed by atoms with Crippen molar-refractivity contribution in [3.8, 4) is 0 Å². The van der Waals surface area contributed by atoms with Crippen LogP contribution in [0.5, 0.6) is 0 Å². The first-order valence-electron chi connectivity index (χ1n) is 7.83. The van der Waals surface area contributed by atoms with E-state index in [1.165, 1.54) is 0 Å². The zero-order chi connectivity index (χ0) is 15.6. The standard InChI is InChI=1S/C15H24N4O3/c1-13-8-16-19(9-13)10-14(20)18-3-2-15(21,12-18)11-17-4-6-22-7-5-17/h8-9,21H,2-7,10-12H2,1H3. The maximum Gasteiger partial charge on any atom is 0.244 e. The van der Waals surface area contributed by atoms with Crippen molar-refractivity contribution in [2.24, 2.45) is 0 Å². The maximum absolute atomic E-state index is 12.3. The molecule has 2 saturated heterocycles. The summed E-state index contributed by atoms with van der Waals surface area (Å²) in [5.41, 5.74) is 0.241. The highest BCUT2D eigenvalue weighted by Crippen LogP contribution is 2.23. The molecule has 0 radical (unpaired) electrons. The van der Waals surface area contributed by atoms with Crippen molar-refractivity contribution in [2.75, 3.05) is 45.9 Å². The summed E-state index contributed by atoms with van der Waals surface area (Å²) >= 11 is 0. The van der Waals surface area contributed by atoms with Crippen LogP contribution in [-0.4, -0.2) is 82.1 Å². The van der Waals surface area contributed by atoms with E-state index >= 15 is 0 Å². The molecule has 0 aromatic carbocycles. The molecule has 3 heterocycles. The first kappa shape index (κ1) is 15.5. The van der Waals surface area contributed by atoms with Crippen LogP contribution in [0, 0.1) is 6.92 Å². The van der Waals surface area contributed by atoms with E-state index in [2.05, 4.69) is 10.00 Å². The molecule has 7 heteroatoms. The normalized spacial score (nSPS) is 26.5. The van der Waals surface area contributed by atoms with E-state index in [0.29, 0.717) is 26.1 Å². The minimum atomic E-state index is -0.799. The van der Waals surface area contributed by atoms with Crippen LogP contribution in [0.3, 0.4) is 0 Å². The van der Waals surface area contributed by atoms with Gasteiger partial charge in [0.15, 0.2) is 0 Å². The van der Waals surface area contributed by atoms with Gasteiger partial charge in [-0.05, 0) is 18.9 Å². The highest BCUT2D eigenvalue weighted by Gasteiger charge is 2.39. The van der Waals surface area contributed by atoms with Gasteiger partial charge in [-0.3, -0.25) is 14.4 Å². The number of β-amino-alcohol motifs (C(OH)–C–C–N with tert-alkyl or cyclic N) is 1. The summed E-state index contributed by atoms with van der Waals surface area (Å²) in [7, 11) is 0. The lowest BCUT2D eigenvalue weighted by atomic mass is 10.0. The largest absolute Gasteiger partial charge is 0.387 e. The van der Waals surface area contributed by atoms with Crippen LogP contribution >= 0.6 is 0 Å². The molecule has 2 aliphatic heterocycles. The number of aliphatic hydroxyl groups is 1. The number of hydrogen-bond acceptors (Lipinski definition) is 5. The Bertz CT molecular complexity index is 527. The molecule has 122 valence electrons. The summed E-state index contributed by atoms with van der Waals surface area (Å²) in [6.07, 6.45) is 4.23. The van der Waals surface area contributed by atoms with E-state index in [4.69, 9.17) is 4.74 Å². The molecule has 0 spiro atoms. The summed E-state index contributed by atoms with van der Waals surface area (Å²) in [4.78, 5) is 16.3. The van der Waals surface area contributed by atoms with E-state index in [0.717, 1.165) is 31.9 Å². The second-order valence-corrected chi connectivity index (χ2v) is 6.39. The SMILES string of the molecule is Cc1cnn(CC(=O)N2CCC(O)(CN3CCOCC3)C2)c1. The van der Waals surface area contributed by atoms with Gasteiger partial charge in [-0.15, -0.1) is 0 Å². The second kappa shape index (κ2) is 6.36. The van der Waals surface area contributed by atoms with E-state index in [1.54, 1.807) is 15.8 Å². The fourth-order valence-corrected chi connectivity index (χ4v) is 3.17. The number of ether oxygens (including phenoxy) is 1. The first-order valence-corrected chi connectivity index (χ1v) is 7.83. The number of aromatic nitrogens is 2. The number of aryl methyl sites for hydroxylation is 1. The highest BCUT2D eigenvalue weighted by atomic mass is 16.5.